The van der Waals surface area contributed by atoms with Crippen LogP contribution < -0.4 is 16.0 Å². The highest BCUT2D eigenvalue weighted by Crippen LogP contribution is 2.22. The minimum absolute atomic E-state index is 0.0101. The van der Waals surface area contributed by atoms with E-state index in [4.69, 9.17) is 0 Å². The normalized spacial score (nSPS) is 15.6. The van der Waals surface area contributed by atoms with Gasteiger partial charge in [-0.05, 0) is 37.7 Å². The fourth-order valence-corrected chi connectivity index (χ4v) is 3.72. The Balaban J connectivity index is 1.63. The number of nitrogens with one attached hydrogen (secondary N) is 3. The molecule has 0 radical (unpaired) electrons. The van der Waals surface area contributed by atoms with Crippen molar-refractivity contribution in [1.82, 2.24) is 15.1 Å². The number of anilines is 2. The summed E-state index contributed by atoms with van der Waals surface area (Å²) in [5.41, 5.74) is 3.27. The van der Waals surface area contributed by atoms with Crippen LogP contribution in [0, 0.1) is 6.92 Å². The number of aryl methyl sites for hydroxylation is 1. The number of hydrogen-bond acceptors (Lipinski definition) is 5. The van der Waals surface area contributed by atoms with Gasteiger partial charge < -0.3 is 20.9 Å². The van der Waals surface area contributed by atoms with Gasteiger partial charge in [0.15, 0.2) is 0 Å². The highest BCUT2D eigenvalue weighted by molar-refractivity contribution is 6.39. The Kier molecular flexibility index (Phi) is 7.97. The molecule has 170 valence electrons. The Hall–Kier alpha value is -3.23. The Morgan fingerprint density at radius 1 is 0.906 bits per heavy atom. The first-order valence-electron chi connectivity index (χ1n) is 10.8. The van der Waals surface area contributed by atoms with Crippen LogP contribution in [0.25, 0.3) is 0 Å². The molecule has 32 heavy (non-hydrogen) atoms. The van der Waals surface area contributed by atoms with E-state index in [2.05, 4.69) is 57.1 Å². The fourth-order valence-electron chi connectivity index (χ4n) is 3.72. The van der Waals surface area contributed by atoms with Gasteiger partial charge in [0.1, 0.15) is 0 Å². The maximum absolute atomic E-state index is 12.5. The summed E-state index contributed by atoms with van der Waals surface area (Å²) in [6.45, 7) is 7.50. The Morgan fingerprint density at radius 3 is 2.16 bits per heavy atom. The minimum Gasteiger partial charge on any atom is -0.346 e. The average Bonchev–Trinajstić information content (AvgIpc) is 2.76. The van der Waals surface area contributed by atoms with Crippen molar-refractivity contribution in [1.29, 1.82) is 0 Å². The van der Waals surface area contributed by atoms with Crippen molar-refractivity contribution in [2.45, 2.75) is 19.9 Å². The zero-order chi connectivity index (χ0) is 23.1. The maximum atomic E-state index is 12.5. The molecule has 8 nitrogen and oxygen atoms in total. The summed E-state index contributed by atoms with van der Waals surface area (Å²) >= 11 is 0. The number of likely N-dealkylation sites (N-methyl/N-ethyl adjacent to an activating group) is 1. The summed E-state index contributed by atoms with van der Waals surface area (Å²) in [4.78, 5) is 40.8. The predicted octanol–water partition coefficient (Wildman–Crippen LogP) is 2.00. The molecular weight excluding hydrogens is 406 g/mol. The third kappa shape index (κ3) is 6.63. The molecule has 0 bridgehead atoms. The number of carbonyl (C=O) groups excluding carboxylic acids is 3. The van der Waals surface area contributed by atoms with Gasteiger partial charge >= 0.3 is 11.8 Å². The van der Waals surface area contributed by atoms with Gasteiger partial charge in [-0.25, -0.2) is 0 Å². The quantitative estimate of drug-likeness (QED) is 0.601. The fraction of sp³-hybridized carbons (Fsp3) is 0.375. The minimum atomic E-state index is -0.744. The summed E-state index contributed by atoms with van der Waals surface area (Å²) in [5, 5.41) is 8.03. The molecule has 0 aromatic heterocycles. The van der Waals surface area contributed by atoms with Crippen molar-refractivity contribution >= 4 is 29.1 Å². The van der Waals surface area contributed by atoms with Crippen molar-refractivity contribution in [3.63, 3.8) is 0 Å². The smallest absolute Gasteiger partial charge is 0.313 e. The molecule has 1 aliphatic heterocycles. The molecule has 3 amide bonds. The summed E-state index contributed by atoms with van der Waals surface area (Å²) in [6, 6.07) is 14.9. The van der Waals surface area contributed by atoms with E-state index in [1.165, 1.54) is 12.5 Å². The molecule has 3 rings (SSSR count). The lowest BCUT2D eigenvalue weighted by Crippen LogP contribution is -2.49. The molecule has 1 heterocycles. The lowest BCUT2D eigenvalue weighted by atomic mass is 10.0. The van der Waals surface area contributed by atoms with Crippen LogP contribution in [0.3, 0.4) is 0 Å². The van der Waals surface area contributed by atoms with E-state index < -0.39 is 11.8 Å². The Morgan fingerprint density at radius 2 is 1.53 bits per heavy atom. The first-order valence-corrected chi connectivity index (χ1v) is 10.8. The first kappa shape index (κ1) is 23.4. The first-order chi connectivity index (χ1) is 15.3. The number of rotatable bonds is 6. The van der Waals surface area contributed by atoms with E-state index in [9.17, 15) is 14.4 Å². The molecule has 0 spiro atoms. The Labute approximate surface area is 189 Å². The van der Waals surface area contributed by atoms with Crippen LogP contribution in [0.4, 0.5) is 11.4 Å². The number of hydrogen-bond donors (Lipinski definition) is 3. The van der Waals surface area contributed by atoms with Crippen molar-refractivity contribution in [2.75, 3.05) is 50.4 Å². The predicted molar refractivity (Wildman–Crippen MR) is 125 cm³/mol. The third-order valence-corrected chi connectivity index (χ3v) is 5.54. The van der Waals surface area contributed by atoms with Gasteiger partial charge in [-0.15, -0.1) is 0 Å². The van der Waals surface area contributed by atoms with Crippen LogP contribution in [-0.4, -0.2) is 67.3 Å². The second-order valence-corrected chi connectivity index (χ2v) is 8.19. The van der Waals surface area contributed by atoms with Crippen LogP contribution in [0.1, 0.15) is 24.1 Å². The average molecular weight is 438 g/mol. The van der Waals surface area contributed by atoms with Crippen molar-refractivity contribution in [3.05, 3.63) is 59.7 Å². The van der Waals surface area contributed by atoms with Gasteiger partial charge in [-0.3, -0.25) is 19.3 Å². The maximum Gasteiger partial charge on any atom is 0.313 e. The molecule has 1 saturated heterocycles. The summed E-state index contributed by atoms with van der Waals surface area (Å²) in [6.07, 6.45) is 0. The lowest BCUT2D eigenvalue weighted by molar-refractivity contribution is -0.136. The highest BCUT2D eigenvalue weighted by atomic mass is 16.2. The zero-order valence-corrected chi connectivity index (χ0v) is 18.9. The number of piperazine rings is 1. The third-order valence-electron chi connectivity index (χ3n) is 5.54. The van der Waals surface area contributed by atoms with Gasteiger partial charge in [0.2, 0.25) is 5.91 Å². The SMILES string of the molecule is CC(=O)Nc1cccc(NC(=O)C(=O)NCC(c2ccc(C)cc2)N2CCN(C)CC2)c1. The summed E-state index contributed by atoms with van der Waals surface area (Å²) in [7, 11) is 2.10. The molecule has 3 N–H and O–H groups in total. The molecule has 0 aliphatic carbocycles. The second-order valence-electron chi connectivity index (χ2n) is 8.19. The molecule has 0 saturated carbocycles. The van der Waals surface area contributed by atoms with Gasteiger partial charge in [-0.2, -0.15) is 0 Å². The van der Waals surface area contributed by atoms with Crippen LogP contribution >= 0.6 is 0 Å². The van der Waals surface area contributed by atoms with Gasteiger partial charge in [-0.1, -0.05) is 35.9 Å². The van der Waals surface area contributed by atoms with Crippen LogP contribution in [0.15, 0.2) is 48.5 Å². The number of nitrogens with zero attached hydrogens (tertiary/aromatic N) is 2. The highest BCUT2D eigenvalue weighted by Gasteiger charge is 2.25. The monoisotopic (exact) mass is 437 g/mol. The molecule has 1 aliphatic rings. The summed E-state index contributed by atoms with van der Waals surface area (Å²) in [5.74, 6) is -1.65. The van der Waals surface area contributed by atoms with E-state index in [-0.39, 0.29) is 11.9 Å². The topological polar surface area (TPSA) is 93.8 Å². The van der Waals surface area contributed by atoms with Crippen LogP contribution in [0.2, 0.25) is 0 Å². The van der Waals surface area contributed by atoms with E-state index in [1.807, 2.05) is 6.92 Å². The molecule has 1 atom stereocenters. The number of amides is 3. The number of benzene rings is 2. The molecule has 8 heteroatoms. The molecule has 2 aromatic carbocycles. The van der Waals surface area contributed by atoms with Crippen molar-refractivity contribution in [3.8, 4) is 0 Å². The summed E-state index contributed by atoms with van der Waals surface area (Å²) < 4.78 is 0. The lowest BCUT2D eigenvalue weighted by Gasteiger charge is -2.38. The largest absolute Gasteiger partial charge is 0.346 e. The molecule has 1 unspecified atom stereocenters. The van der Waals surface area contributed by atoms with E-state index in [1.54, 1.807) is 24.3 Å². The van der Waals surface area contributed by atoms with Crippen molar-refractivity contribution in [2.24, 2.45) is 0 Å². The number of carbonyl (C=O) groups is 3. The van der Waals surface area contributed by atoms with Gasteiger partial charge in [0.05, 0.1) is 6.04 Å². The van der Waals surface area contributed by atoms with Crippen molar-refractivity contribution < 1.29 is 14.4 Å². The van der Waals surface area contributed by atoms with Crippen LogP contribution in [0.5, 0.6) is 0 Å². The van der Waals surface area contributed by atoms with Gasteiger partial charge in [0.25, 0.3) is 0 Å². The second kappa shape index (κ2) is 10.9. The van der Waals surface area contributed by atoms with Gasteiger partial charge in [0, 0.05) is 51.0 Å². The van der Waals surface area contributed by atoms with E-state index in [0.29, 0.717) is 17.9 Å². The van der Waals surface area contributed by atoms with Crippen LogP contribution in [-0.2, 0) is 14.4 Å². The molecular formula is C24H31N5O3. The van der Waals surface area contributed by atoms with E-state index in [0.717, 1.165) is 31.7 Å². The standard InChI is InChI=1S/C24H31N5O3/c1-17-7-9-19(10-8-17)22(29-13-11-28(3)12-14-29)16-25-23(31)24(32)27-21-6-4-5-20(15-21)26-18(2)30/h4-10,15,22H,11-14,16H2,1-3H3,(H,25,31)(H,26,30)(H,27,32). The molecule has 1 fully saturated rings. The van der Waals surface area contributed by atoms with E-state index >= 15 is 0 Å². The zero-order valence-electron chi connectivity index (χ0n) is 18.9. The Bertz CT molecular complexity index is 952. The molecule has 2 aromatic rings.